The molecule has 1 saturated heterocycles. The zero-order valence-corrected chi connectivity index (χ0v) is 9.35. The van der Waals surface area contributed by atoms with Crippen molar-refractivity contribution in [3.63, 3.8) is 0 Å². The van der Waals surface area contributed by atoms with Crippen molar-refractivity contribution in [1.29, 1.82) is 0 Å². The van der Waals surface area contributed by atoms with Crippen LogP contribution in [0, 0.1) is 20.8 Å². The van der Waals surface area contributed by atoms with Crippen molar-refractivity contribution >= 4 is 0 Å². The maximum Gasteiger partial charge on any atom is 0.0323 e. The van der Waals surface area contributed by atoms with E-state index >= 15 is 0 Å². The quantitative estimate of drug-likeness (QED) is 0.716. The molecule has 1 aliphatic heterocycles. The lowest BCUT2D eigenvalue weighted by molar-refractivity contribution is 0.643. The summed E-state index contributed by atoms with van der Waals surface area (Å²) in [7, 11) is 0. The van der Waals surface area contributed by atoms with Crippen LogP contribution in [0.3, 0.4) is 0 Å². The predicted octanol–water partition coefficient (Wildman–Crippen LogP) is 3.04. The summed E-state index contributed by atoms with van der Waals surface area (Å²) in [6, 6.07) is 5.15. The topological polar surface area (TPSA) is 12.0 Å². The molecule has 1 N–H and O–H groups in total. The highest BCUT2D eigenvalue weighted by Crippen LogP contribution is 2.28. The minimum atomic E-state index is 0.606. The van der Waals surface area contributed by atoms with Crippen molar-refractivity contribution in [3.05, 3.63) is 34.4 Å². The molecule has 1 aromatic carbocycles. The van der Waals surface area contributed by atoms with Gasteiger partial charge < -0.3 is 5.32 Å². The van der Waals surface area contributed by atoms with Gasteiger partial charge in [-0.2, -0.15) is 0 Å². The van der Waals surface area contributed by atoms with Crippen LogP contribution in [0.1, 0.15) is 41.1 Å². The third-order valence-corrected chi connectivity index (χ3v) is 3.54. The molecule has 1 nitrogen and oxygen atoms in total. The van der Waals surface area contributed by atoms with E-state index < -0.39 is 0 Å². The Bertz CT molecular complexity index is 335. The van der Waals surface area contributed by atoms with Crippen LogP contribution in [0.25, 0.3) is 0 Å². The average Bonchev–Trinajstić information content (AvgIpc) is 2.67. The van der Waals surface area contributed by atoms with Crippen molar-refractivity contribution in [2.45, 2.75) is 39.7 Å². The highest BCUT2D eigenvalue weighted by atomic mass is 14.9. The van der Waals surface area contributed by atoms with Gasteiger partial charge in [0.05, 0.1) is 0 Å². The molecular weight excluding hydrogens is 170 g/mol. The monoisotopic (exact) mass is 189 g/mol. The van der Waals surface area contributed by atoms with Crippen LogP contribution < -0.4 is 5.32 Å². The van der Waals surface area contributed by atoms with Crippen LogP contribution in [0.5, 0.6) is 0 Å². The maximum absolute atomic E-state index is 3.56. The first-order chi connectivity index (χ1) is 6.70. The Hall–Kier alpha value is -0.820. The highest BCUT2D eigenvalue weighted by Gasteiger charge is 2.18. The molecule has 1 aliphatic rings. The summed E-state index contributed by atoms with van der Waals surface area (Å²) < 4.78 is 0. The largest absolute Gasteiger partial charge is 0.310 e. The maximum atomic E-state index is 3.56. The molecule has 0 aromatic heterocycles. The van der Waals surface area contributed by atoms with Gasteiger partial charge in [0.1, 0.15) is 0 Å². The van der Waals surface area contributed by atoms with E-state index in [1.807, 2.05) is 0 Å². The van der Waals surface area contributed by atoms with Crippen molar-refractivity contribution < 1.29 is 0 Å². The van der Waals surface area contributed by atoms with Gasteiger partial charge in [0.15, 0.2) is 0 Å². The van der Waals surface area contributed by atoms with E-state index in [9.17, 15) is 0 Å². The van der Waals surface area contributed by atoms with Gasteiger partial charge in [-0.15, -0.1) is 0 Å². The number of hydrogen-bond donors (Lipinski definition) is 1. The summed E-state index contributed by atoms with van der Waals surface area (Å²) in [5, 5.41) is 3.56. The van der Waals surface area contributed by atoms with E-state index in [0.29, 0.717) is 6.04 Å². The molecule has 1 heterocycles. The Labute approximate surface area is 86.5 Å². The van der Waals surface area contributed by atoms with Crippen molar-refractivity contribution in [2.75, 3.05) is 6.54 Å². The number of nitrogens with one attached hydrogen (secondary N) is 1. The smallest absolute Gasteiger partial charge is 0.0323 e. The van der Waals surface area contributed by atoms with Gasteiger partial charge in [0.2, 0.25) is 0 Å². The zero-order chi connectivity index (χ0) is 10.1. The van der Waals surface area contributed by atoms with E-state index in [4.69, 9.17) is 0 Å². The zero-order valence-electron chi connectivity index (χ0n) is 9.35. The van der Waals surface area contributed by atoms with Gasteiger partial charge in [-0.1, -0.05) is 12.1 Å². The summed E-state index contributed by atoms with van der Waals surface area (Å²) in [5.41, 5.74) is 5.84. The van der Waals surface area contributed by atoms with Crippen LogP contribution in [0.2, 0.25) is 0 Å². The van der Waals surface area contributed by atoms with Crippen molar-refractivity contribution in [3.8, 4) is 0 Å². The fraction of sp³-hybridized carbons (Fsp3) is 0.538. The Morgan fingerprint density at radius 2 is 1.93 bits per heavy atom. The molecule has 0 spiro atoms. The normalized spacial score (nSPS) is 21.5. The standard InChI is InChI=1S/C13H19N/c1-9-6-7-12(11(3)10(9)2)13-5-4-8-14-13/h6-7,13-14H,4-5,8H2,1-3H3. The molecule has 0 amide bonds. The van der Waals surface area contributed by atoms with Crippen LogP contribution >= 0.6 is 0 Å². The van der Waals surface area contributed by atoms with E-state index in [0.717, 1.165) is 0 Å². The SMILES string of the molecule is Cc1ccc(C2CCCN2)c(C)c1C. The summed E-state index contributed by atoms with van der Waals surface area (Å²) in [6.45, 7) is 7.84. The molecule has 1 heteroatoms. The second kappa shape index (κ2) is 3.74. The number of benzene rings is 1. The fourth-order valence-corrected chi connectivity index (χ4v) is 2.30. The Morgan fingerprint density at radius 1 is 1.14 bits per heavy atom. The molecule has 1 fully saturated rings. The van der Waals surface area contributed by atoms with E-state index in [1.165, 1.54) is 41.6 Å². The molecule has 0 saturated carbocycles. The van der Waals surface area contributed by atoms with E-state index in [1.54, 1.807) is 0 Å². The van der Waals surface area contributed by atoms with Crippen LogP contribution in [-0.4, -0.2) is 6.54 Å². The fourth-order valence-electron chi connectivity index (χ4n) is 2.30. The lowest BCUT2D eigenvalue weighted by atomic mass is 9.94. The van der Waals surface area contributed by atoms with Gasteiger partial charge >= 0.3 is 0 Å². The third-order valence-electron chi connectivity index (χ3n) is 3.54. The molecule has 1 atom stereocenters. The molecule has 0 radical (unpaired) electrons. The second-order valence-electron chi connectivity index (χ2n) is 4.37. The average molecular weight is 189 g/mol. The third kappa shape index (κ3) is 1.57. The molecule has 0 aliphatic carbocycles. The second-order valence-corrected chi connectivity index (χ2v) is 4.37. The number of hydrogen-bond acceptors (Lipinski definition) is 1. The first-order valence-corrected chi connectivity index (χ1v) is 5.50. The summed E-state index contributed by atoms with van der Waals surface area (Å²) in [5.74, 6) is 0. The molecular formula is C13H19N. The van der Waals surface area contributed by atoms with Crippen molar-refractivity contribution in [2.24, 2.45) is 0 Å². The van der Waals surface area contributed by atoms with Gasteiger partial charge in [0, 0.05) is 6.04 Å². The van der Waals surface area contributed by atoms with Crippen LogP contribution in [0.4, 0.5) is 0 Å². The van der Waals surface area contributed by atoms with Gasteiger partial charge in [-0.05, 0) is 62.4 Å². The van der Waals surface area contributed by atoms with Crippen molar-refractivity contribution in [1.82, 2.24) is 5.32 Å². The molecule has 14 heavy (non-hydrogen) atoms. The Kier molecular flexibility index (Phi) is 2.60. The summed E-state index contributed by atoms with van der Waals surface area (Å²) in [6.07, 6.45) is 2.61. The van der Waals surface area contributed by atoms with Crippen LogP contribution in [0.15, 0.2) is 12.1 Å². The molecule has 1 unspecified atom stereocenters. The molecule has 2 rings (SSSR count). The van der Waals surface area contributed by atoms with Crippen LogP contribution in [-0.2, 0) is 0 Å². The highest BCUT2D eigenvalue weighted by molar-refractivity contribution is 5.40. The van der Waals surface area contributed by atoms with Gasteiger partial charge in [-0.25, -0.2) is 0 Å². The minimum absolute atomic E-state index is 0.606. The first-order valence-electron chi connectivity index (χ1n) is 5.50. The summed E-state index contributed by atoms with van der Waals surface area (Å²) >= 11 is 0. The first kappa shape index (κ1) is 9.72. The summed E-state index contributed by atoms with van der Waals surface area (Å²) in [4.78, 5) is 0. The predicted molar refractivity (Wildman–Crippen MR) is 60.6 cm³/mol. The lowest BCUT2D eigenvalue weighted by Gasteiger charge is -2.16. The van der Waals surface area contributed by atoms with E-state index in [2.05, 4.69) is 38.2 Å². The molecule has 0 bridgehead atoms. The molecule has 1 aromatic rings. The number of aryl methyl sites for hydroxylation is 1. The Balaban J connectivity index is 2.38. The number of rotatable bonds is 1. The minimum Gasteiger partial charge on any atom is -0.310 e. The van der Waals surface area contributed by atoms with E-state index in [-0.39, 0.29) is 0 Å². The Morgan fingerprint density at radius 3 is 2.57 bits per heavy atom. The lowest BCUT2D eigenvalue weighted by Crippen LogP contribution is -2.14. The van der Waals surface area contributed by atoms with Gasteiger partial charge in [-0.3, -0.25) is 0 Å². The molecule has 76 valence electrons. The van der Waals surface area contributed by atoms with Gasteiger partial charge in [0.25, 0.3) is 0 Å².